The Bertz CT molecular complexity index is 1470. The molecule has 0 aliphatic carbocycles. The third kappa shape index (κ3) is 4.42. The number of carbonyl (C=O) groups is 3. The Kier molecular flexibility index (Phi) is 6.54. The van der Waals surface area contributed by atoms with Gasteiger partial charge < -0.3 is 19.4 Å². The number of anilines is 1. The predicted molar refractivity (Wildman–Crippen MR) is 138 cm³/mol. The molecule has 6 rings (SSSR count). The van der Waals surface area contributed by atoms with Gasteiger partial charge in [0.1, 0.15) is 16.8 Å². The van der Waals surface area contributed by atoms with Crippen molar-refractivity contribution in [2.24, 2.45) is 5.92 Å². The van der Waals surface area contributed by atoms with Gasteiger partial charge in [0.05, 0.1) is 29.8 Å². The first kappa shape index (κ1) is 24.8. The molecule has 3 aromatic rings. The molecule has 1 aromatic heterocycles. The van der Waals surface area contributed by atoms with E-state index in [1.807, 2.05) is 6.07 Å². The average molecular weight is 556 g/mol. The van der Waals surface area contributed by atoms with Crippen LogP contribution in [0.15, 0.2) is 58.4 Å². The SMILES string of the molecule is O=C(COc1cccc(C2c3sc(=O)[nH]c3SC3C(=O)N(c4ccc(F)cc4)C(=O)C32)c1)N1CCOCC1. The summed E-state index contributed by atoms with van der Waals surface area (Å²) in [6.07, 6.45) is 0. The van der Waals surface area contributed by atoms with Crippen LogP contribution in [0.5, 0.6) is 5.75 Å². The van der Waals surface area contributed by atoms with E-state index >= 15 is 0 Å². The van der Waals surface area contributed by atoms with Crippen molar-refractivity contribution in [2.45, 2.75) is 16.2 Å². The smallest absolute Gasteiger partial charge is 0.305 e. The molecule has 0 radical (unpaired) electrons. The first-order valence-corrected chi connectivity index (χ1v) is 13.7. The second kappa shape index (κ2) is 10.0. The zero-order chi connectivity index (χ0) is 26.4. The Balaban J connectivity index is 1.32. The summed E-state index contributed by atoms with van der Waals surface area (Å²) < 4.78 is 24.6. The van der Waals surface area contributed by atoms with Gasteiger partial charge in [0.2, 0.25) is 11.8 Å². The highest BCUT2D eigenvalue weighted by molar-refractivity contribution is 8.00. The van der Waals surface area contributed by atoms with Crippen molar-refractivity contribution >= 4 is 46.5 Å². The number of rotatable bonds is 5. The summed E-state index contributed by atoms with van der Waals surface area (Å²) in [6.45, 7) is 1.87. The van der Waals surface area contributed by atoms with E-state index in [9.17, 15) is 23.6 Å². The van der Waals surface area contributed by atoms with Crippen LogP contribution in [0.3, 0.4) is 0 Å². The number of hydrogen-bond donors (Lipinski definition) is 1. The topological polar surface area (TPSA) is 109 Å². The molecule has 3 aliphatic heterocycles. The van der Waals surface area contributed by atoms with Crippen LogP contribution < -0.4 is 14.5 Å². The number of halogens is 1. The number of thiazole rings is 1. The van der Waals surface area contributed by atoms with Crippen LogP contribution in [0.25, 0.3) is 0 Å². The van der Waals surface area contributed by atoms with Gasteiger partial charge in [0.25, 0.3) is 5.91 Å². The van der Waals surface area contributed by atoms with Crippen molar-refractivity contribution in [3.8, 4) is 5.75 Å². The number of thioether (sulfide) groups is 1. The van der Waals surface area contributed by atoms with Crippen LogP contribution >= 0.6 is 23.1 Å². The number of aromatic nitrogens is 1. The molecule has 9 nitrogen and oxygen atoms in total. The maximum atomic E-state index is 13.7. The zero-order valence-electron chi connectivity index (χ0n) is 19.9. The summed E-state index contributed by atoms with van der Waals surface area (Å²) in [7, 11) is 0. The molecule has 4 heterocycles. The second-order valence-corrected chi connectivity index (χ2v) is 11.3. The van der Waals surface area contributed by atoms with E-state index in [1.165, 1.54) is 36.0 Å². The molecule has 3 unspecified atom stereocenters. The molecule has 2 fully saturated rings. The first-order valence-electron chi connectivity index (χ1n) is 12.0. The van der Waals surface area contributed by atoms with E-state index in [-0.39, 0.29) is 17.4 Å². The number of amides is 3. The summed E-state index contributed by atoms with van der Waals surface area (Å²) in [4.78, 5) is 58.0. The van der Waals surface area contributed by atoms with Crippen molar-refractivity contribution in [3.05, 3.63) is 74.5 Å². The van der Waals surface area contributed by atoms with Gasteiger partial charge in [-0.1, -0.05) is 35.2 Å². The molecular formula is C26H22FN3O6S2. The van der Waals surface area contributed by atoms with E-state index in [0.29, 0.717) is 53.2 Å². The average Bonchev–Trinajstić information content (AvgIpc) is 3.42. The number of benzene rings is 2. The van der Waals surface area contributed by atoms with Crippen LogP contribution in [0, 0.1) is 11.7 Å². The van der Waals surface area contributed by atoms with E-state index < -0.39 is 34.7 Å². The van der Waals surface area contributed by atoms with Crippen LogP contribution in [0.1, 0.15) is 16.4 Å². The highest BCUT2D eigenvalue weighted by Crippen LogP contribution is 2.53. The van der Waals surface area contributed by atoms with Crippen LogP contribution in [-0.4, -0.2) is 65.8 Å². The van der Waals surface area contributed by atoms with Gasteiger partial charge in [0.15, 0.2) is 6.61 Å². The molecule has 12 heteroatoms. The number of morpholine rings is 1. The van der Waals surface area contributed by atoms with Gasteiger partial charge in [0, 0.05) is 23.9 Å². The second-order valence-electron chi connectivity index (χ2n) is 9.09. The number of aromatic amines is 1. The Morgan fingerprint density at radius 2 is 1.84 bits per heavy atom. The fourth-order valence-electron chi connectivity index (χ4n) is 5.07. The molecule has 0 saturated carbocycles. The lowest BCUT2D eigenvalue weighted by atomic mass is 9.83. The molecule has 3 aliphatic rings. The third-order valence-electron chi connectivity index (χ3n) is 6.85. The van der Waals surface area contributed by atoms with E-state index in [2.05, 4.69) is 4.98 Å². The predicted octanol–water partition coefficient (Wildman–Crippen LogP) is 2.61. The number of hydrogen-bond acceptors (Lipinski definition) is 8. The highest BCUT2D eigenvalue weighted by Gasteiger charge is 2.56. The van der Waals surface area contributed by atoms with Crippen molar-refractivity contribution in [1.82, 2.24) is 9.88 Å². The van der Waals surface area contributed by atoms with Crippen molar-refractivity contribution in [1.29, 1.82) is 0 Å². The van der Waals surface area contributed by atoms with Gasteiger partial charge in [-0.25, -0.2) is 9.29 Å². The quantitative estimate of drug-likeness (QED) is 0.482. The van der Waals surface area contributed by atoms with Gasteiger partial charge in [-0.2, -0.15) is 0 Å². The minimum absolute atomic E-state index is 0.144. The Morgan fingerprint density at radius 3 is 2.61 bits per heavy atom. The summed E-state index contributed by atoms with van der Waals surface area (Å²) >= 11 is 2.18. The fourth-order valence-corrected chi connectivity index (χ4v) is 7.58. The molecule has 38 heavy (non-hydrogen) atoms. The number of H-pyrrole nitrogens is 1. The van der Waals surface area contributed by atoms with Crippen molar-refractivity contribution in [3.63, 3.8) is 0 Å². The Labute approximate surface area is 224 Å². The van der Waals surface area contributed by atoms with Gasteiger partial charge in [-0.05, 0) is 42.0 Å². The lowest BCUT2D eigenvalue weighted by Crippen LogP contribution is -2.42. The van der Waals surface area contributed by atoms with E-state index in [0.717, 1.165) is 16.2 Å². The summed E-state index contributed by atoms with van der Waals surface area (Å²) in [5.74, 6) is -2.36. The lowest BCUT2D eigenvalue weighted by Gasteiger charge is -2.30. The minimum Gasteiger partial charge on any atom is -0.484 e. The van der Waals surface area contributed by atoms with Crippen LogP contribution in [0.4, 0.5) is 10.1 Å². The monoisotopic (exact) mass is 555 g/mol. The maximum Gasteiger partial charge on any atom is 0.305 e. The molecular weight excluding hydrogens is 533 g/mol. The van der Waals surface area contributed by atoms with Gasteiger partial charge in [-0.15, -0.1) is 0 Å². The van der Waals surface area contributed by atoms with Crippen molar-refractivity contribution in [2.75, 3.05) is 37.8 Å². The normalized spacial score (nSPS) is 22.8. The lowest BCUT2D eigenvalue weighted by molar-refractivity contribution is -0.137. The molecule has 2 saturated heterocycles. The van der Waals surface area contributed by atoms with Crippen molar-refractivity contribution < 1.29 is 28.2 Å². The zero-order valence-corrected chi connectivity index (χ0v) is 21.6. The largest absolute Gasteiger partial charge is 0.484 e. The van der Waals surface area contributed by atoms with E-state index in [1.54, 1.807) is 23.1 Å². The molecule has 2 aromatic carbocycles. The third-order valence-corrected chi connectivity index (χ3v) is 9.25. The van der Waals surface area contributed by atoms with Crippen LogP contribution in [-0.2, 0) is 19.1 Å². The molecule has 1 N–H and O–H groups in total. The molecule has 0 bridgehead atoms. The van der Waals surface area contributed by atoms with E-state index in [4.69, 9.17) is 9.47 Å². The maximum absolute atomic E-state index is 13.7. The van der Waals surface area contributed by atoms with Gasteiger partial charge in [-0.3, -0.25) is 19.2 Å². The molecule has 3 atom stereocenters. The Morgan fingerprint density at radius 1 is 1.08 bits per heavy atom. The summed E-state index contributed by atoms with van der Waals surface area (Å²) in [5, 5.41) is -0.204. The van der Waals surface area contributed by atoms with Gasteiger partial charge >= 0.3 is 4.87 Å². The number of imide groups is 1. The molecule has 196 valence electrons. The number of fused-ring (bicyclic) bond motifs is 2. The highest BCUT2D eigenvalue weighted by atomic mass is 32.2. The number of nitrogens with zero attached hydrogens (tertiary/aromatic N) is 2. The number of nitrogens with one attached hydrogen (secondary N) is 1. The number of ether oxygens (including phenoxy) is 2. The Hall–Kier alpha value is -3.48. The standard InChI is InChI=1S/C26H22FN3O6S2/c27-15-4-6-16(7-5-15)30-24(32)20-19(21-23(28-26(34)38-21)37-22(20)25(30)33)14-2-1-3-17(12-14)36-13-18(31)29-8-10-35-11-9-29/h1-7,12,19-20,22H,8-11,13H2,(H,28,34). The fraction of sp³-hybridized carbons (Fsp3) is 0.308. The summed E-state index contributed by atoms with van der Waals surface area (Å²) in [6, 6.07) is 12.3. The molecule has 3 amide bonds. The number of carbonyl (C=O) groups excluding carboxylic acids is 3. The van der Waals surface area contributed by atoms with Crippen LogP contribution in [0.2, 0.25) is 0 Å². The summed E-state index contributed by atoms with van der Waals surface area (Å²) in [5.41, 5.74) is 0.987. The molecule has 0 spiro atoms. The first-order chi connectivity index (χ1) is 18.4. The minimum atomic E-state index is -0.776.